The van der Waals surface area contributed by atoms with Gasteiger partial charge in [-0.15, -0.1) is 11.3 Å². The van der Waals surface area contributed by atoms with Crippen molar-refractivity contribution in [1.29, 1.82) is 0 Å². The van der Waals surface area contributed by atoms with E-state index in [2.05, 4.69) is 27.8 Å². The van der Waals surface area contributed by atoms with Gasteiger partial charge in [-0.2, -0.15) is 0 Å². The molecule has 3 aromatic rings. The van der Waals surface area contributed by atoms with E-state index in [4.69, 9.17) is 16.6 Å². The van der Waals surface area contributed by atoms with E-state index in [9.17, 15) is 4.79 Å². The number of nitrogens with zero attached hydrogens (tertiary/aromatic N) is 3. The van der Waals surface area contributed by atoms with Crippen molar-refractivity contribution >= 4 is 39.1 Å². The summed E-state index contributed by atoms with van der Waals surface area (Å²) in [4.78, 5) is 25.6. The van der Waals surface area contributed by atoms with E-state index in [1.807, 2.05) is 31.0 Å². The number of rotatable bonds is 4. The third-order valence-electron chi connectivity index (χ3n) is 7.86. The molecule has 5 atom stereocenters. The van der Waals surface area contributed by atoms with Gasteiger partial charge in [0.1, 0.15) is 10.7 Å². The molecule has 33 heavy (non-hydrogen) atoms. The van der Waals surface area contributed by atoms with Gasteiger partial charge in [-0.25, -0.2) is 9.97 Å². The molecule has 1 saturated carbocycles. The Kier molecular flexibility index (Phi) is 5.43. The molecular formula is C26H29ClN4OS. The molecule has 1 amide bonds. The van der Waals surface area contributed by atoms with Crippen molar-refractivity contribution in [3.05, 3.63) is 57.3 Å². The number of benzene rings is 1. The van der Waals surface area contributed by atoms with Crippen LogP contribution in [0.3, 0.4) is 0 Å². The quantitative estimate of drug-likeness (QED) is 0.522. The lowest BCUT2D eigenvalue weighted by Gasteiger charge is -2.29. The summed E-state index contributed by atoms with van der Waals surface area (Å²) in [5, 5.41) is 7.65. The van der Waals surface area contributed by atoms with Crippen molar-refractivity contribution in [2.75, 3.05) is 7.05 Å². The third-order valence-corrected chi connectivity index (χ3v) is 9.00. The number of amides is 1. The Morgan fingerprint density at radius 3 is 2.76 bits per heavy atom. The minimum Gasteiger partial charge on any atom is -0.339 e. The number of thiophene rings is 1. The number of aryl methyl sites for hydroxylation is 1. The molecule has 2 aromatic heterocycles. The van der Waals surface area contributed by atoms with Gasteiger partial charge < -0.3 is 10.2 Å². The van der Waals surface area contributed by atoms with Crippen LogP contribution in [0, 0.1) is 6.92 Å². The molecule has 1 aliphatic carbocycles. The molecule has 7 heteroatoms. The van der Waals surface area contributed by atoms with Crippen molar-refractivity contribution in [2.45, 2.75) is 75.4 Å². The summed E-state index contributed by atoms with van der Waals surface area (Å²) < 4.78 is 0. The number of carbonyl (C=O) groups excluding carboxylic acids is 1. The van der Waals surface area contributed by atoms with Crippen LogP contribution < -0.4 is 5.32 Å². The number of carbonyl (C=O) groups is 1. The van der Waals surface area contributed by atoms with Crippen LogP contribution in [0.25, 0.3) is 10.2 Å². The fraction of sp³-hybridized carbons (Fsp3) is 0.500. The maximum absolute atomic E-state index is 13.3. The maximum atomic E-state index is 13.3. The normalized spacial score (nSPS) is 28.6. The number of halogens is 1. The van der Waals surface area contributed by atoms with Crippen LogP contribution >= 0.6 is 22.9 Å². The Balaban J connectivity index is 1.19. The van der Waals surface area contributed by atoms with E-state index in [-0.39, 0.29) is 5.91 Å². The molecular weight excluding hydrogens is 452 g/mol. The Bertz CT molecular complexity index is 1230. The van der Waals surface area contributed by atoms with Crippen LogP contribution in [-0.2, 0) is 0 Å². The first-order valence-electron chi connectivity index (χ1n) is 12.0. The van der Waals surface area contributed by atoms with Gasteiger partial charge in [0.05, 0.1) is 5.69 Å². The number of hydrogen-bond acceptors (Lipinski definition) is 5. The van der Waals surface area contributed by atoms with Gasteiger partial charge in [0, 0.05) is 47.1 Å². The zero-order valence-corrected chi connectivity index (χ0v) is 20.6. The van der Waals surface area contributed by atoms with E-state index in [0.29, 0.717) is 40.5 Å². The molecule has 3 aliphatic rings. The first kappa shape index (κ1) is 21.5. The molecule has 172 valence electrons. The summed E-state index contributed by atoms with van der Waals surface area (Å²) in [7, 11) is 1.95. The van der Waals surface area contributed by atoms with Gasteiger partial charge in [-0.05, 0) is 80.5 Å². The second kappa shape index (κ2) is 8.33. The zero-order chi connectivity index (χ0) is 22.7. The highest BCUT2D eigenvalue weighted by Crippen LogP contribution is 2.57. The lowest BCUT2D eigenvalue weighted by atomic mass is 9.95. The Hall–Kier alpha value is -2.02. The molecule has 0 spiro atoms. The van der Waals surface area contributed by atoms with E-state index < -0.39 is 0 Å². The van der Waals surface area contributed by atoms with Gasteiger partial charge in [-0.3, -0.25) is 4.79 Å². The van der Waals surface area contributed by atoms with Gasteiger partial charge >= 0.3 is 0 Å². The lowest BCUT2D eigenvalue weighted by Crippen LogP contribution is -2.39. The summed E-state index contributed by atoms with van der Waals surface area (Å²) >= 11 is 8.41. The average Bonchev–Trinajstić information content (AvgIpc) is 3.29. The minimum atomic E-state index is 0.0741. The van der Waals surface area contributed by atoms with Crippen molar-refractivity contribution in [1.82, 2.24) is 20.2 Å². The first-order chi connectivity index (χ1) is 16.0. The third kappa shape index (κ3) is 3.96. The van der Waals surface area contributed by atoms with Crippen molar-refractivity contribution in [3.8, 4) is 0 Å². The highest BCUT2D eigenvalue weighted by Gasteiger charge is 2.43. The molecule has 1 aromatic carbocycles. The van der Waals surface area contributed by atoms with Crippen LogP contribution in [0.4, 0.5) is 0 Å². The SMILES string of the molecule is Cc1nc([C@H]2C[C@@H]2c2ccc(C(=O)N(C)[C@@H]3CC[C@H]4CC[C@@H](C3)N4)cc2Cl)c2ccsc2n1. The Morgan fingerprint density at radius 1 is 1.09 bits per heavy atom. The van der Waals surface area contributed by atoms with Crippen molar-refractivity contribution < 1.29 is 4.79 Å². The Labute approximate surface area is 203 Å². The molecule has 5 nitrogen and oxygen atoms in total. The lowest BCUT2D eigenvalue weighted by molar-refractivity contribution is 0.0710. The van der Waals surface area contributed by atoms with Gasteiger partial charge in [0.2, 0.25) is 0 Å². The molecule has 3 fully saturated rings. The molecule has 2 saturated heterocycles. The van der Waals surface area contributed by atoms with Crippen LogP contribution in [0.5, 0.6) is 0 Å². The molecule has 0 radical (unpaired) electrons. The number of hydrogen-bond donors (Lipinski definition) is 1. The van der Waals surface area contributed by atoms with Gasteiger partial charge in [0.25, 0.3) is 5.91 Å². The summed E-state index contributed by atoms with van der Waals surface area (Å²) in [5.41, 5.74) is 2.94. The van der Waals surface area contributed by atoms with Gasteiger partial charge in [0.15, 0.2) is 0 Å². The number of aromatic nitrogens is 2. The molecule has 6 rings (SSSR count). The Morgan fingerprint density at radius 2 is 1.91 bits per heavy atom. The molecule has 2 aliphatic heterocycles. The van der Waals surface area contributed by atoms with Gasteiger partial charge in [-0.1, -0.05) is 17.7 Å². The van der Waals surface area contributed by atoms with E-state index >= 15 is 0 Å². The average molecular weight is 481 g/mol. The summed E-state index contributed by atoms with van der Waals surface area (Å²) in [6.45, 7) is 1.96. The van der Waals surface area contributed by atoms with E-state index in [1.54, 1.807) is 11.3 Å². The van der Waals surface area contributed by atoms with E-state index in [1.165, 1.54) is 12.8 Å². The summed E-state index contributed by atoms with van der Waals surface area (Å²) in [5.74, 6) is 1.60. The molecule has 0 unspecified atom stereocenters. The number of nitrogens with one attached hydrogen (secondary N) is 1. The fourth-order valence-electron chi connectivity index (χ4n) is 5.95. The first-order valence-corrected chi connectivity index (χ1v) is 13.3. The largest absolute Gasteiger partial charge is 0.339 e. The summed E-state index contributed by atoms with van der Waals surface area (Å²) in [6.07, 6.45) is 6.81. The monoisotopic (exact) mass is 480 g/mol. The van der Waals surface area contributed by atoms with Crippen LogP contribution in [0.15, 0.2) is 29.6 Å². The molecule has 4 heterocycles. The molecule has 2 bridgehead atoms. The highest BCUT2D eigenvalue weighted by atomic mass is 35.5. The number of fused-ring (bicyclic) bond motifs is 3. The topological polar surface area (TPSA) is 58.1 Å². The summed E-state index contributed by atoms with van der Waals surface area (Å²) in [6, 6.07) is 9.50. The smallest absolute Gasteiger partial charge is 0.253 e. The van der Waals surface area contributed by atoms with Crippen LogP contribution in [-0.4, -0.2) is 45.9 Å². The fourth-order valence-corrected chi connectivity index (χ4v) is 7.09. The van der Waals surface area contributed by atoms with Crippen molar-refractivity contribution in [3.63, 3.8) is 0 Å². The van der Waals surface area contributed by atoms with Crippen LogP contribution in [0.2, 0.25) is 5.02 Å². The van der Waals surface area contributed by atoms with Crippen molar-refractivity contribution in [2.24, 2.45) is 0 Å². The van der Waals surface area contributed by atoms with E-state index in [0.717, 1.165) is 53.0 Å². The second-order valence-electron chi connectivity index (χ2n) is 10.0. The van der Waals surface area contributed by atoms with Crippen LogP contribution in [0.1, 0.15) is 77.8 Å². The predicted octanol–water partition coefficient (Wildman–Crippen LogP) is 5.67. The second-order valence-corrected chi connectivity index (χ2v) is 11.3. The maximum Gasteiger partial charge on any atom is 0.253 e. The highest BCUT2D eigenvalue weighted by molar-refractivity contribution is 7.16. The predicted molar refractivity (Wildman–Crippen MR) is 133 cm³/mol. The molecule has 1 N–H and O–H groups in total. The zero-order valence-electron chi connectivity index (χ0n) is 19.1. The standard InChI is InChI=1S/C26H29ClN4OS/c1-14-28-24(20-9-10-33-25(20)29-14)22-13-21(22)19-8-3-15(11-23(19)27)26(32)31(2)18-7-6-16-4-5-17(12-18)30-16/h3,8-11,16-18,21-22,30H,4-7,12-13H2,1-2H3/t16-,17+,18-,21-,22+/m1/s1. The minimum absolute atomic E-state index is 0.0741.